The van der Waals surface area contributed by atoms with Gasteiger partial charge in [-0.3, -0.25) is 24.0 Å². The monoisotopic (exact) mass is 582 g/mol. The van der Waals surface area contributed by atoms with Gasteiger partial charge in [0.15, 0.2) is 5.60 Å². The van der Waals surface area contributed by atoms with E-state index in [-0.39, 0.29) is 18.0 Å². The summed E-state index contributed by atoms with van der Waals surface area (Å²) < 4.78 is 11.1. The van der Waals surface area contributed by atoms with Crippen molar-refractivity contribution in [2.75, 3.05) is 7.05 Å². The van der Waals surface area contributed by atoms with Crippen molar-refractivity contribution in [2.24, 2.45) is 5.92 Å². The number of carbonyl (C=O) groups excluding carboxylic acids is 4. The standard InChI is InChI=1S/C28H35BN4O9/c1-16(2)13-21(29-41-27(40)28(42-29,15-23(36)37)14-22(35)30-4)32-26(39)24(17(3)34)33-25(38)20-12-8-11-19(31-20)18-9-6-5-7-10-18/h5-12,16-17,21,24,34H,13-15H2,1-4H3,(H,30,35)(H,32,39)(H,33,38)(H,36,37)/t17-,21+,24?,28+/m1/s1. The number of aliphatic hydroxyl groups is 1. The maximum atomic E-state index is 13.4. The summed E-state index contributed by atoms with van der Waals surface area (Å²) in [5.74, 6) is -5.64. The summed E-state index contributed by atoms with van der Waals surface area (Å²) in [6.45, 7) is 5.00. The SMILES string of the molecule is CNC(=O)C[C@@]1(CC(=O)O)OB([C@H](CC(C)C)NC(=O)C(NC(=O)c2cccc(-c3ccccc3)n2)[C@@H](C)O)OC1=O. The molecule has 3 amide bonds. The fourth-order valence-electron chi connectivity index (χ4n) is 4.52. The van der Waals surface area contributed by atoms with E-state index in [1.807, 2.05) is 44.2 Å². The van der Waals surface area contributed by atoms with E-state index in [0.29, 0.717) is 5.69 Å². The van der Waals surface area contributed by atoms with E-state index in [9.17, 15) is 34.2 Å². The molecule has 0 saturated carbocycles. The molecule has 2 aromatic rings. The van der Waals surface area contributed by atoms with Crippen molar-refractivity contribution in [1.82, 2.24) is 20.9 Å². The van der Waals surface area contributed by atoms with Gasteiger partial charge in [0.25, 0.3) is 5.91 Å². The Kier molecular flexibility index (Phi) is 10.8. The number of nitrogens with zero attached hydrogens (tertiary/aromatic N) is 1. The molecule has 1 unspecified atom stereocenters. The Morgan fingerprint density at radius 2 is 1.69 bits per heavy atom. The molecule has 3 rings (SSSR count). The number of nitrogens with one attached hydrogen (secondary N) is 3. The topological polar surface area (TPSA) is 193 Å². The number of aromatic nitrogens is 1. The fourth-order valence-corrected chi connectivity index (χ4v) is 4.52. The molecule has 13 nitrogen and oxygen atoms in total. The van der Waals surface area contributed by atoms with Gasteiger partial charge in [0.05, 0.1) is 30.6 Å². The first-order valence-corrected chi connectivity index (χ1v) is 13.5. The van der Waals surface area contributed by atoms with Crippen LogP contribution >= 0.6 is 0 Å². The van der Waals surface area contributed by atoms with Gasteiger partial charge in [-0.25, -0.2) is 4.98 Å². The molecule has 1 aliphatic heterocycles. The summed E-state index contributed by atoms with van der Waals surface area (Å²) in [6, 6.07) is 12.6. The van der Waals surface area contributed by atoms with Crippen molar-refractivity contribution in [1.29, 1.82) is 0 Å². The molecular formula is C28H35BN4O9. The number of rotatable bonds is 13. The van der Waals surface area contributed by atoms with E-state index in [2.05, 4.69) is 20.9 Å². The van der Waals surface area contributed by atoms with Gasteiger partial charge in [-0.15, -0.1) is 0 Å². The van der Waals surface area contributed by atoms with E-state index in [1.165, 1.54) is 20.0 Å². The van der Waals surface area contributed by atoms with Crippen molar-refractivity contribution >= 4 is 36.8 Å². The number of hydrogen-bond acceptors (Lipinski definition) is 9. The third-order valence-electron chi connectivity index (χ3n) is 6.58. The first kappa shape index (κ1) is 32.2. The number of aliphatic hydroxyl groups excluding tert-OH is 1. The summed E-state index contributed by atoms with van der Waals surface area (Å²) in [6.07, 6.45) is -2.56. The van der Waals surface area contributed by atoms with Gasteiger partial charge in [0.1, 0.15) is 11.7 Å². The second-order valence-electron chi connectivity index (χ2n) is 10.5. The molecule has 224 valence electrons. The summed E-state index contributed by atoms with van der Waals surface area (Å²) in [5.41, 5.74) is -0.742. The summed E-state index contributed by atoms with van der Waals surface area (Å²) in [7, 11) is -0.101. The number of aliphatic carboxylic acids is 1. The fraction of sp³-hybridized carbons (Fsp3) is 0.429. The minimum absolute atomic E-state index is 0.0224. The van der Waals surface area contributed by atoms with Crippen LogP contribution in [0.3, 0.4) is 0 Å². The van der Waals surface area contributed by atoms with Gasteiger partial charge in [0.2, 0.25) is 11.8 Å². The number of carboxylic acids is 1. The second-order valence-corrected chi connectivity index (χ2v) is 10.5. The second kappa shape index (κ2) is 14.1. The minimum Gasteiger partial charge on any atom is -0.506 e. The first-order chi connectivity index (χ1) is 19.8. The zero-order chi connectivity index (χ0) is 31.0. The van der Waals surface area contributed by atoms with E-state index in [1.54, 1.807) is 12.1 Å². The summed E-state index contributed by atoms with van der Waals surface area (Å²) in [4.78, 5) is 67.3. The lowest BCUT2D eigenvalue weighted by molar-refractivity contribution is -0.154. The van der Waals surface area contributed by atoms with Crippen LogP contribution in [0.5, 0.6) is 0 Å². The van der Waals surface area contributed by atoms with Gasteiger partial charge in [-0.2, -0.15) is 0 Å². The molecule has 1 saturated heterocycles. The smallest absolute Gasteiger partial charge is 0.506 e. The third kappa shape index (κ3) is 8.14. The Labute approximate surface area is 243 Å². The average molecular weight is 582 g/mol. The summed E-state index contributed by atoms with van der Waals surface area (Å²) >= 11 is 0. The van der Waals surface area contributed by atoms with Gasteiger partial charge < -0.3 is 35.5 Å². The number of carboxylic acid groups (broad SMARTS) is 1. The molecule has 5 N–H and O–H groups in total. The van der Waals surface area contributed by atoms with Crippen molar-refractivity contribution in [2.45, 2.75) is 63.7 Å². The highest BCUT2D eigenvalue weighted by atomic mass is 16.7. The minimum atomic E-state index is -2.09. The van der Waals surface area contributed by atoms with Crippen molar-refractivity contribution in [3.8, 4) is 11.3 Å². The Morgan fingerprint density at radius 1 is 1.00 bits per heavy atom. The molecule has 0 spiro atoms. The molecule has 0 bridgehead atoms. The predicted molar refractivity (Wildman–Crippen MR) is 151 cm³/mol. The Balaban J connectivity index is 1.80. The maximum Gasteiger partial charge on any atom is 0.552 e. The molecule has 1 aliphatic rings. The molecular weight excluding hydrogens is 547 g/mol. The molecule has 1 aromatic carbocycles. The van der Waals surface area contributed by atoms with Crippen LogP contribution in [0.2, 0.25) is 0 Å². The molecule has 14 heteroatoms. The quantitative estimate of drug-likeness (QED) is 0.210. The van der Waals surface area contributed by atoms with Crippen LogP contribution < -0.4 is 16.0 Å². The highest BCUT2D eigenvalue weighted by molar-refractivity contribution is 6.51. The molecule has 2 heterocycles. The zero-order valence-electron chi connectivity index (χ0n) is 23.8. The maximum absolute atomic E-state index is 13.4. The van der Waals surface area contributed by atoms with Crippen molar-refractivity contribution in [3.05, 3.63) is 54.2 Å². The third-order valence-corrected chi connectivity index (χ3v) is 6.58. The Bertz CT molecular complexity index is 1310. The Morgan fingerprint density at radius 3 is 2.29 bits per heavy atom. The lowest BCUT2D eigenvalue weighted by atomic mass is 9.73. The first-order valence-electron chi connectivity index (χ1n) is 13.5. The van der Waals surface area contributed by atoms with E-state index in [4.69, 9.17) is 9.31 Å². The normalized spacial score (nSPS) is 18.5. The Hall–Kier alpha value is -4.30. The van der Waals surface area contributed by atoms with Crippen LogP contribution in [-0.2, 0) is 28.5 Å². The summed E-state index contributed by atoms with van der Waals surface area (Å²) in [5, 5.41) is 27.3. The highest BCUT2D eigenvalue weighted by Crippen LogP contribution is 2.32. The van der Waals surface area contributed by atoms with Crippen molar-refractivity contribution in [3.63, 3.8) is 0 Å². The molecule has 0 radical (unpaired) electrons. The van der Waals surface area contributed by atoms with E-state index in [0.717, 1.165) is 5.56 Å². The van der Waals surface area contributed by atoms with E-state index >= 15 is 0 Å². The van der Waals surface area contributed by atoms with Gasteiger partial charge in [-0.05, 0) is 31.4 Å². The number of amides is 3. The van der Waals surface area contributed by atoms with E-state index < -0.39 is 73.3 Å². The lowest BCUT2D eigenvalue weighted by Crippen LogP contribution is -2.58. The predicted octanol–water partition coefficient (Wildman–Crippen LogP) is 0.709. The molecule has 42 heavy (non-hydrogen) atoms. The van der Waals surface area contributed by atoms with Crippen LogP contribution in [0.1, 0.15) is 50.5 Å². The van der Waals surface area contributed by atoms with Gasteiger partial charge in [-0.1, -0.05) is 50.2 Å². The largest absolute Gasteiger partial charge is 0.552 e. The van der Waals surface area contributed by atoms with Crippen LogP contribution in [0.4, 0.5) is 0 Å². The lowest BCUT2D eigenvalue weighted by Gasteiger charge is -2.27. The molecule has 1 fully saturated rings. The van der Waals surface area contributed by atoms with Gasteiger partial charge >= 0.3 is 19.1 Å². The van der Waals surface area contributed by atoms with Crippen LogP contribution in [-0.4, -0.2) is 82.7 Å². The number of pyridine rings is 1. The highest BCUT2D eigenvalue weighted by Gasteiger charge is 2.57. The average Bonchev–Trinajstić information content (AvgIpc) is 3.25. The number of carbonyl (C=O) groups is 5. The van der Waals surface area contributed by atoms with Gasteiger partial charge in [0, 0.05) is 12.6 Å². The van der Waals surface area contributed by atoms with Crippen molar-refractivity contribution < 1.29 is 43.5 Å². The van der Waals surface area contributed by atoms with Crippen LogP contribution in [0.15, 0.2) is 48.5 Å². The molecule has 1 aromatic heterocycles. The molecule has 0 aliphatic carbocycles. The zero-order valence-corrected chi connectivity index (χ0v) is 23.8. The number of hydrogen-bond donors (Lipinski definition) is 5. The van der Waals surface area contributed by atoms with Crippen LogP contribution in [0, 0.1) is 5.92 Å². The number of benzene rings is 1. The molecule has 4 atom stereocenters. The van der Waals surface area contributed by atoms with Crippen LogP contribution in [0.25, 0.3) is 11.3 Å².